The molecule has 0 spiro atoms. The number of ether oxygens (including phenoxy) is 2. The van der Waals surface area contributed by atoms with Gasteiger partial charge in [-0.25, -0.2) is 0 Å². The van der Waals surface area contributed by atoms with E-state index in [9.17, 15) is 9.59 Å². The van der Waals surface area contributed by atoms with E-state index in [-0.39, 0.29) is 30.1 Å². The molecule has 15 heavy (non-hydrogen) atoms. The molecule has 2 rings (SSSR count). The highest BCUT2D eigenvalue weighted by Crippen LogP contribution is 2.17. The topological polar surface area (TPSA) is 64.6 Å². The number of carbonyl (C=O) groups is 2. The summed E-state index contributed by atoms with van der Waals surface area (Å²) in [7, 11) is 0. The molecule has 1 amide bonds. The third-order valence-electron chi connectivity index (χ3n) is 2.77. The zero-order valence-electron chi connectivity index (χ0n) is 8.53. The van der Waals surface area contributed by atoms with Crippen LogP contribution >= 0.6 is 0 Å². The fraction of sp³-hybridized carbons (Fsp3) is 0.800. The van der Waals surface area contributed by atoms with E-state index in [4.69, 9.17) is 9.47 Å². The Morgan fingerprint density at radius 2 is 2.20 bits per heavy atom. The fourth-order valence-electron chi connectivity index (χ4n) is 1.92. The summed E-state index contributed by atoms with van der Waals surface area (Å²) < 4.78 is 10.7. The van der Waals surface area contributed by atoms with Crippen molar-refractivity contribution >= 4 is 11.7 Å². The van der Waals surface area contributed by atoms with Crippen LogP contribution in [-0.2, 0) is 19.1 Å². The Labute approximate surface area is 88.1 Å². The molecule has 84 valence electrons. The molecular formula is C10H15NO4. The number of nitrogens with one attached hydrogen (secondary N) is 1. The van der Waals surface area contributed by atoms with Crippen LogP contribution in [0.2, 0.25) is 0 Å². The predicted molar refractivity (Wildman–Crippen MR) is 51.3 cm³/mol. The lowest BCUT2D eigenvalue weighted by Gasteiger charge is -2.28. The number of hydrogen-bond donors (Lipinski definition) is 1. The summed E-state index contributed by atoms with van der Waals surface area (Å²) in [6, 6.07) is 0. The van der Waals surface area contributed by atoms with Gasteiger partial charge < -0.3 is 14.8 Å². The monoisotopic (exact) mass is 213 g/mol. The van der Waals surface area contributed by atoms with Crippen molar-refractivity contribution in [1.82, 2.24) is 5.32 Å². The van der Waals surface area contributed by atoms with Gasteiger partial charge in [0.2, 0.25) is 5.91 Å². The lowest BCUT2D eigenvalue weighted by Crippen LogP contribution is -2.43. The van der Waals surface area contributed by atoms with E-state index in [0.29, 0.717) is 32.8 Å². The van der Waals surface area contributed by atoms with Gasteiger partial charge in [0, 0.05) is 12.5 Å². The van der Waals surface area contributed by atoms with Crippen molar-refractivity contribution in [1.29, 1.82) is 0 Å². The van der Waals surface area contributed by atoms with E-state index in [2.05, 4.69) is 5.32 Å². The molecular weight excluding hydrogens is 198 g/mol. The molecule has 0 aliphatic carbocycles. The summed E-state index contributed by atoms with van der Waals surface area (Å²) in [5.74, 6) is -0.251. The predicted octanol–water partition coefficient (Wildman–Crippen LogP) is -0.503. The van der Waals surface area contributed by atoms with E-state index < -0.39 is 0 Å². The fourth-order valence-corrected chi connectivity index (χ4v) is 1.92. The summed E-state index contributed by atoms with van der Waals surface area (Å²) >= 11 is 0. The largest absolute Gasteiger partial charge is 0.376 e. The second-order valence-corrected chi connectivity index (χ2v) is 3.95. The van der Waals surface area contributed by atoms with Crippen LogP contribution in [0.5, 0.6) is 0 Å². The third-order valence-corrected chi connectivity index (χ3v) is 2.77. The molecule has 1 N–H and O–H groups in total. The Bertz CT molecular complexity index is 260. The quantitative estimate of drug-likeness (QED) is 0.628. The molecule has 0 aromatic carbocycles. The number of rotatable bonds is 2. The highest BCUT2D eigenvalue weighted by molar-refractivity contribution is 6.01. The van der Waals surface area contributed by atoms with Crippen LogP contribution in [0.3, 0.4) is 0 Å². The van der Waals surface area contributed by atoms with Gasteiger partial charge in [-0.1, -0.05) is 0 Å². The van der Waals surface area contributed by atoms with Crippen molar-refractivity contribution in [2.75, 3.05) is 26.4 Å². The number of piperidine rings is 1. The average Bonchev–Trinajstić information content (AvgIpc) is 2.24. The number of hydrogen-bond acceptors (Lipinski definition) is 4. The molecule has 5 nitrogen and oxygen atoms in total. The summed E-state index contributed by atoms with van der Waals surface area (Å²) in [6.07, 6.45) is 0.667. The summed E-state index contributed by atoms with van der Waals surface area (Å²) in [6.45, 7) is 2.22. The van der Waals surface area contributed by atoms with Gasteiger partial charge in [0.15, 0.2) is 0 Å². The maximum absolute atomic E-state index is 11.5. The lowest BCUT2D eigenvalue weighted by atomic mass is 9.92. The first-order valence-corrected chi connectivity index (χ1v) is 5.24. The van der Waals surface area contributed by atoms with Crippen LogP contribution in [0.15, 0.2) is 0 Å². The molecule has 0 aromatic heterocycles. The molecule has 2 fully saturated rings. The van der Waals surface area contributed by atoms with Crippen molar-refractivity contribution in [3.05, 3.63) is 0 Å². The molecule has 0 saturated carbocycles. The van der Waals surface area contributed by atoms with Crippen molar-refractivity contribution in [3.8, 4) is 0 Å². The normalized spacial score (nSPS) is 32.5. The first kappa shape index (κ1) is 10.6. The van der Waals surface area contributed by atoms with Crippen LogP contribution in [0, 0.1) is 5.92 Å². The minimum atomic E-state index is -0.169. The Hall–Kier alpha value is -0.940. The van der Waals surface area contributed by atoms with E-state index >= 15 is 0 Å². The van der Waals surface area contributed by atoms with Gasteiger partial charge in [-0.3, -0.25) is 9.59 Å². The molecule has 2 aliphatic rings. The lowest BCUT2D eigenvalue weighted by molar-refractivity contribution is -0.137. The van der Waals surface area contributed by atoms with Crippen molar-refractivity contribution < 1.29 is 19.1 Å². The highest BCUT2D eigenvalue weighted by atomic mass is 16.6. The number of Topliss-reactive ketones (excluding diaryl/α,β-unsaturated/α-hetero) is 1. The zero-order chi connectivity index (χ0) is 10.7. The Kier molecular flexibility index (Phi) is 3.33. The third kappa shape index (κ3) is 2.76. The summed E-state index contributed by atoms with van der Waals surface area (Å²) in [4.78, 5) is 22.4. The Morgan fingerprint density at radius 1 is 1.33 bits per heavy atom. The van der Waals surface area contributed by atoms with Gasteiger partial charge in [0.05, 0.1) is 32.3 Å². The smallest absolute Gasteiger partial charge is 0.227 e. The van der Waals surface area contributed by atoms with E-state index in [0.717, 1.165) is 0 Å². The molecule has 2 aliphatic heterocycles. The molecule has 0 bridgehead atoms. The SMILES string of the molecule is O=C1CC(=O)C(C[C@@H]2COCCO2)CN1. The first-order valence-electron chi connectivity index (χ1n) is 5.24. The maximum Gasteiger partial charge on any atom is 0.227 e. The standard InChI is InChI=1S/C10H15NO4/c12-9-4-10(13)11-5-7(9)3-8-6-14-1-2-15-8/h7-8H,1-6H2,(H,11,13)/t7?,8-/m1/s1. The van der Waals surface area contributed by atoms with Gasteiger partial charge in [-0.15, -0.1) is 0 Å². The zero-order valence-corrected chi connectivity index (χ0v) is 8.53. The molecule has 1 unspecified atom stereocenters. The van der Waals surface area contributed by atoms with Gasteiger partial charge >= 0.3 is 0 Å². The molecule has 5 heteroatoms. The minimum Gasteiger partial charge on any atom is -0.376 e. The van der Waals surface area contributed by atoms with Crippen molar-refractivity contribution in [2.45, 2.75) is 18.9 Å². The van der Waals surface area contributed by atoms with E-state index in [1.54, 1.807) is 0 Å². The van der Waals surface area contributed by atoms with Crippen LogP contribution in [0.4, 0.5) is 0 Å². The first-order chi connectivity index (χ1) is 7.25. The van der Waals surface area contributed by atoms with Gasteiger partial charge in [-0.2, -0.15) is 0 Å². The highest BCUT2D eigenvalue weighted by Gasteiger charge is 2.30. The number of amides is 1. The Balaban J connectivity index is 1.82. The van der Waals surface area contributed by atoms with Crippen LogP contribution in [0.1, 0.15) is 12.8 Å². The minimum absolute atomic E-state index is 0.00250. The number of ketones is 1. The second kappa shape index (κ2) is 4.72. The van der Waals surface area contributed by atoms with Gasteiger partial charge in [0.1, 0.15) is 5.78 Å². The molecule has 0 radical (unpaired) electrons. The van der Waals surface area contributed by atoms with Crippen molar-refractivity contribution in [2.24, 2.45) is 5.92 Å². The molecule has 2 saturated heterocycles. The molecule has 2 atom stereocenters. The summed E-state index contributed by atoms with van der Waals surface area (Å²) in [5.41, 5.74) is 0. The van der Waals surface area contributed by atoms with Gasteiger partial charge in [-0.05, 0) is 6.42 Å². The average molecular weight is 213 g/mol. The summed E-state index contributed by atoms with van der Waals surface area (Å²) in [5, 5.41) is 2.70. The Morgan fingerprint density at radius 3 is 2.87 bits per heavy atom. The van der Waals surface area contributed by atoms with Gasteiger partial charge in [0.25, 0.3) is 0 Å². The molecule has 2 heterocycles. The maximum atomic E-state index is 11.5. The van der Waals surface area contributed by atoms with E-state index in [1.807, 2.05) is 0 Å². The van der Waals surface area contributed by atoms with Crippen LogP contribution < -0.4 is 5.32 Å². The number of carbonyl (C=O) groups excluding carboxylic acids is 2. The van der Waals surface area contributed by atoms with Crippen LogP contribution in [-0.4, -0.2) is 44.2 Å². The van der Waals surface area contributed by atoms with Crippen molar-refractivity contribution in [3.63, 3.8) is 0 Å². The second-order valence-electron chi connectivity index (χ2n) is 3.95. The van der Waals surface area contributed by atoms with Crippen LogP contribution in [0.25, 0.3) is 0 Å². The van der Waals surface area contributed by atoms with E-state index in [1.165, 1.54) is 0 Å². The molecule has 0 aromatic rings.